The second-order valence-corrected chi connectivity index (χ2v) is 5.93. The van der Waals surface area contributed by atoms with Crippen LogP contribution in [-0.2, 0) is 27.2 Å². The fourth-order valence-corrected chi connectivity index (χ4v) is 2.78. The Kier molecular flexibility index (Phi) is 4.77. The summed E-state index contributed by atoms with van der Waals surface area (Å²) in [6.07, 6.45) is 4.30. The van der Waals surface area contributed by atoms with Gasteiger partial charge in [0, 0.05) is 6.42 Å². The zero-order valence-corrected chi connectivity index (χ0v) is 14.1. The Morgan fingerprint density at radius 2 is 2.20 bits per heavy atom. The van der Waals surface area contributed by atoms with Gasteiger partial charge in [-0.15, -0.1) is 5.10 Å². The smallest absolute Gasteiger partial charge is 0.360 e. The third-order valence-corrected chi connectivity index (χ3v) is 4.26. The standard InChI is InChI=1S/C15H19N5O5/c1-3-24-14(22)15(5-4-6-15)7-12-16-11(18-25-12)9-20-8-10(17-19-20)13(21)23-2/h8H,3-7,9H2,1-2H3. The van der Waals surface area contributed by atoms with Crippen molar-refractivity contribution in [2.75, 3.05) is 13.7 Å². The van der Waals surface area contributed by atoms with Crippen molar-refractivity contribution in [1.29, 1.82) is 0 Å². The maximum Gasteiger partial charge on any atom is 0.360 e. The molecule has 1 aliphatic carbocycles. The normalized spacial score (nSPS) is 15.4. The van der Waals surface area contributed by atoms with Crippen LogP contribution in [0.5, 0.6) is 0 Å². The molecule has 25 heavy (non-hydrogen) atoms. The lowest BCUT2D eigenvalue weighted by Crippen LogP contribution is -2.41. The summed E-state index contributed by atoms with van der Waals surface area (Å²) in [5.74, 6) is -0.00730. The molecule has 3 rings (SSSR count). The van der Waals surface area contributed by atoms with Crippen LogP contribution in [0.2, 0.25) is 0 Å². The van der Waals surface area contributed by atoms with Crippen LogP contribution in [0, 0.1) is 5.41 Å². The number of aromatic nitrogens is 5. The minimum Gasteiger partial charge on any atom is -0.466 e. The summed E-state index contributed by atoms with van der Waals surface area (Å²) in [6, 6.07) is 0. The monoisotopic (exact) mass is 349 g/mol. The van der Waals surface area contributed by atoms with E-state index in [1.54, 1.807) is 6.92 Å². The largest absolute Gasteiger partial charge is 0.466 e. The first kappa shape index (κ1) is 17.1. The summed E-state index contributed by atoms with van der Waals surface area (Å²) in [5, 5.41) is 11.4. The van der Waals surface area contributed by atoms with Crippen LogP contribution >= 0.6 is 0 Å². The second-order valence-electron chi connectivity index (χ2n) is 5.93. The highest BCUT2D eigenvalue weighted by Gasteiger charge is 2.46. The molecule has 2 aromatic heterocycles. The fourth-order valence-electron chi connectivity index (χ4n) is 2.78. The number of carbonyl (C=O) groups is 2. The molecule has 10 nitrogen and oxygen atoms in total. The molecule has 1 fully saturated rings. The van der Waals surface area contributed by atoms with Crippen LogP contribution < -0.4 is 0 Å². The molecule has 0 N–H and O–H groups in total. The van der Waals surface area contributed by atoms with E-state index in [1.807, 2.05) is 0 Å². The van der Waals surface area contributed by atoms with E-state index in [0.29, 0.717) is 24.7 Å². The van der Waals surface area contributed by atoms with Crippen molar-refractivity contribution < 1.29 is 23.6 Å². The zero-order valence-electron chi connectivity index (χ0n) is 14.1. The van der Waals surface area contributed by atoms with Gasteiger partial charge in [-0.2, -0.15) is 4.98 Å². The molecule has 0 aliphatic heterocycles. The average molecular weight is 349 g/mol. The van der Waals surface area contributed by atoms with Gasteiger partial charge in [-0.05, 0) is 19.8 Å². The van der Waals surface area contributed by atoms with Crippen LogP contribution in [-0.4, -0.2) is 50.8 Å². The molecule has 0 radical (unpaired) electrons. The summed E-state index contributed by atoms with van der Waals surface area (Å²) in [4.78, 5) is 27.8. The Balaban J connectivity index is 1.65. The minimum absolute atomic E-state index is 0.0990. The SMILES string of the molecule is CCOC(=O)C1(Cc2nc(Cn3cc(C(=O)OC)nn3)no2)CCC1. The second kappa shape index (κ2) is 6.99. The van der Waals surface area contributed by atoms with E-state index < -0.39 is 11.4 Å². The fraction of sp³-hybridized carbons (Fsp3) is 0.600. The van der Waals surface area contributed by atoms with Crippen molar-refractivity contribution in [3.63, 3.8) is 0 Å². The Hall–Kier alpha value is -2.78. The lowest BCUT2D eigenvalue weighted by molar-refractivity contribution is -0.161. The van der Waals surface area contributed by atoms with E-state index in [1.165, 1.54) is 18.0 Å². The molecule has 2 heterocycles. The lowest BCUT2D eigenvalue weighted by Gasteiger charge is -2.37. The molecule has 1 aliphatic rings. The van der Waals surface area contributed by atoms with E-state index in [4.69, 9.17) is 9.26 Å². The van der Waals surface area contributed by atoms with Crippen molar-refractivity contribution in [3.8, 4) is 0 Å². The van der Waals surface area contributed by atoms with Gasteiger partial charge >= 0.3 is 11.9 Å². The minimum atomic E-state index is -0.568. The van der Waals surface area contributed by atoms with Gasteiger partial charge in [0.15, 0.2) is 11.5 Å². The first-order chi connectivity index (χ1) is 12.1. The van der Waals surface area contributed by atoms with Gasteiger partial charge in [-0.25, -0.2) is 9.48 Å². The highest BCUT2D eigenvalue weighted by molar-refractivity contribution is 5.86. The Morgan fingerprint density at radius 3 is 2.84 bits per heavy atom. The van der Waals surface area contributed by atoms with E-state index in [0.717, 1.165) is 19.3 Å². The van der Waals surface area contributed by atoms with Gasteiger partial charge in [0.25, 0.3) is 0 Å². The average Bonchev–Trinajstić information content (AvgIpc) is 3.20. The molecule has 0 unspecified atom stereocenters. The molecule has 0 spiro atoms. The molecule has 0 amide bonds. The number of hydrogen-bond donors (Lipinski definition) is 0. The Bertz CT molecular complexity index is 764. The van der Waals surface area contributed by atoms with Gasteiger partial charge in [-0.3, -0.25) is 4.79 Å². The van der Waals surface area contributed by atoms with Crippen molar-refractivity contribution in [1.82, 2.24) is 25.1 Å². The van der Waals surface area contributed by atoms with Crippen LogP contribution in [0.25, 0.3) is 0 Å². The molecule has 0 atom stereocenters. The lowest BCUT2D eigenvalue weighted by atomic mass is 9.66. The summed E-state index contributed by atoms with van der Waals surface area (Å²) in [6.45, 7) is 2.33. The van der Waals surface area contributed by atoms with Gasteiger partial charge < -0.3 is 14.0 Å². The van der Waals surface area contributed by atoms with Crippen LogP contribution in [0.4, 0.5) is 0 Å². The zero-order chi connectivity index (χ0) is 17.9. The van der Waals surface area contributed by atoms with Crippen molar-refractivity contribution in [3.05, 3.63) is 23.6 Å². The number of carbonyl (C=O) groups excluding carboxylic acids is 2. The molecule has 0 bridgehead atoms. The van der Waals surface area contributed by atoms with E-state index in [-0.39, 0.29) is 18.2 Å². The van der Waals surface area contributed by atoms with Gasteiger partial charge in [0.1, 0.15) is 6.54 Å². The number of nitrogens with zero attached hydrogens (tertiary/aromatic N) is 5. The molecular formula is C15H19N5O5. The van der Waals surface area contributed by atoms with Crippen molar-refractivity contribution in [2.45, 2.75) is 39.2 Å². The molecule has 10 heteroatoms. The summed E-state index contributed by atoms with van der Waals surface area (Å²) < 4.78 is 16.4. The van der Waals surface area contributed by atoms with Gasteiger partial charge in [0.2, 0.25) is 5.89 Å². The molecule has 134 valence electrons. The van der Waals surface area contributed by atoms with Crippen LogP contribution in [0.15, 0.2) is 10.7 Å². The molecule has 0 aromatic carbocycles. The number of esters is 2. The molecule has 0 saturated heterocycles. The first-order valence-electron chi connectivity index (χ1n) is 8.03. The number of rotatable bonds is 7. The predicted molar refractivity (Wildman–Crippen MR) is 81.4 cm³/mol. The van der Waals surface area contributed by atoms with Gasteiger partial charge in [0.05, 0.1) is 25.3 Å². The summed E-state index contributed by atoms with van der Waals surface area (Å²) in [7, 11) is 1.27. The maximum atomic E-state index is 12.2. The van der Waals surface area contributed by atoms with Gasteiger partial charge in [-0.1, -0.05) is 16.8 Å². The summed E-state index contributed by atoms with van der Waals surface area (Å²) >= 11 is 0. The summed E-state index contributed by atoms with van der Waals surface area (Å²) in [5.41, 5.74) is -0.451. The maximum absolute atomic E-state index is 12.2. The van der Waals surface area contributed by atoms with Crippen molar-refractivity contribution >= 4 is 11.9 Å². The van der Waals surface area contributed by atoms with E-state index in [2.05, 4.69) is 25.2 Å². The topological polar surface area (TPSA) is 122 Å². The Labute approximate surface area is 143 Å². The number of hydrogen-bond acceptors (Lipinski definition) is 9. The van der Waals surface area contributed by atoms with Crippen molar-refractivity contribution in [2.24, 2.45) is 5.41 Å². The molecular weight excluding hydrogens is 330 g/mol. The number of methoxy groups -OCH3 is 1. The quantitative estimate of drug-likeness (QED) is 0.667. The highest BCUT2D eigenvalue weighted by atomic mass is 16.5. The first-order valence-corrected chi connectivity index (χ1v) is 8.03. The highest BCUT2D eigenvalue weighted by Crippen LogP contribution is 2.44. The third kappa shape index (κ3) is 3.52. The third-order valence-electron chi connectivity index (χ3n) is 4.26. The predicted octanol–water partition coefficient (Wildman–Crippen LogP) is 0.772. The van der Waals surface area contributed by atoms with E-state index >= 15 is 0 Å². The van der Waals surface area contributed by atoms with E-state index in [9.17, 15) is 9.59 Å². The Morgan fingerprint density at radius 1 is 1.40 bits per heavy atom. The molecule has 2 aromatic rings. The number of ether oxygens (including phenoxy) is 2. The molecule has 1 saturated carbocycles. The van der Waals surface area contributed by atoms with Crippen LogP contribution in [0.1, 0.15) is 48.4 Å². The van der Waals surface area contributed by atoms with Crippen LogP contribution in [0.3, 0.4) is 0 Å².